The molecule has 2 rings (SSSR count). The lowest BCUT2D eigenvalue weighted by Gasteiger charge is -2.20. The number of nitrogens with two attached hydrogens (primary N) is 1. The predicted molar refractivity (Wildman–Crippen MR) is 88.9 cm³/mol. The predicted octanol–water partition coefficient (Wildman–Crippen LogP) is 3.08. The van der Waals surface area contributed by atoms with Gasteiger partial charge in [0, 0.05) is 16.3 Å². The summed E-state index contributed by atoms with van der Waals surface area (Å²) in [7, 11) is 0. The first-order valence-electron chi connectivity index (χ1n) is 6.88. The van der Waals surface area contributed by atoms with E-state index in [1.54, 1.807) is 35.0 Å². The van der Waals surface area contributed by atoms with Crippen LogP contribution < -0.4 is 5.73 Å². The van der Waals surface area contributed by atoms with E-state index in [0.29, 0.717) is 10.6 Å². The zero-order valence-electron chi connectivity index (χ0n) is 13.5. The number of amides is 1. The topological polar surface area (TPSA) is 98.2 Å². The number of benzene rings is 1. The lowest BCUT2D eigenvalue weighted by molar-refractivity contribution is 0.0688. The van der Waals surface area contributed by atoms with E-state index in [-0.39, 0.29) is 11.2 Å². The van der Waals surface area contributed by atoms with Gasteiger partial charge in [-0.05, 0) is 58.0 Å². The summed E-state index contributed by atoms with van der Waals surface area (Å²) >= 11 is 5.56. The smallest absolute Gasteiger partial charge is 0.356 e. The molecule has 0 spiro atoms. The number of aromatic carboxylic acids is 1. The van der Waals surface area contributed by atoms with Crippen molar-refractivity contribution in [1.82, 2.24) is 9.78 Å². The van der Waals surface area contributed by atoms with E-state index in [2.05, 4.69) is 5.10 Å². The summed E-state index contributed by atoms with van der Waals surface area (Å²) in [6, 6.07) is 8.01. The number of carbonyl (C=O) groups excluding carboxylic acids is 1. The number of halogens is 1. The van der Waals surface area contributed by atoms with Crippen LogP contribution in [0.2, 0.25) is 5.02 Å². The molecule has 2 aromatic rings. The minimum Gasteiger partial charge on any atom is -0.476 e. The molecule has 0 aliphatic rings. The summed E-state index contributed by atoms with van der Waals surface area (Å²) in [6.07, 6.45) is 0. The number of nitrogens with zero attached hydrogens (tertiary/aromatic N) is 2. The van der Waals surface area contributed by atoms with E-state index >= 15 is 0 Å². The number of carboxylic acids is 1. The Hall–Kier alpha value is -2.34. The number of carboxylic acid groups (broad SMARTS) is 1. The average Bonchev–Trinajstić information content (AvgIpc) is 2.82. The van der Waals surface area contributed by atoms with Crippen LogP contribution in [0.4, 0.5) is 0 Å². The van der Waals surface area contributed by atoms with Gasteiger partial charge in [0.2, 0.25) is 5.91 Å². The van der Waals surface area contributed by atoms with Crippen molar-refractivity contribution in [2.24, 2.45) is 5.73 Å². The first-order chi connectivity index (χ1) is 10.5. The Balaban J connectivity index is 0.000000238. The molecule has 0 radical (unpaired) electrons. The molecule has 0 saturated carbocycles. The molecule has 0 aliphatic carbocycles. The molecule has 6 nitrogen and oxygen atoms in total. The molecule has 0 unspecified atom stereocenters. The fraction of sp³-hybridized carbons (Fsp3) is 0.312. The van der Waals surface area contributed by atoms with Gasteiger partial charge < -0.3 is 10.8 Å². The Labute approximate surface area is 139 Å². The molecule has 0 saturated heterocycles. The molecule has 3 N–H and O–H groups in total. The molecule has 1 aromatic carbocycles. The Morgan fingerprint density at radius 3 is 2.04 bits per heavy atom. The van der Waals surface area contributed by atoms with Gasteiger partial charge in [-0.25, -0.2) is 4.79 Å². The maximum Gasteiger partial charge on any atom is 0.356 e. The summed E-state index contributed by atoms with van der Waals surface area (Å²) in [6.45, 7) is 7.81. The maximum atomic E-state index is 10.6. The summed E-state index contributed by atoms with van der Waals surface area (Å²) in [4.78, 5) is 21.1. The van der Waals surface area contributed by atoms with Crippen LogP contribution in [0.1, 0.15) is 47.3 Å². The van der Waals surface area contributed by atoms with Crippen molar-refractivity contribution < 1.29 is 14.7 Å². The van der Waals surface area contributed by atoms with Crippen LogP contribution in [-0.2, 0) is 5.54 Å². The quantitative estimate of drug-likeness (QED) is 0.879. The molecule has 1 amide bonds. The van der Waals surface area contributed by atoms with E-state index in [9.17, 15) is 9.59 Å². The third kappa shape index (κ3) is 5.41. The Morgan fingerprint density at radius 1 is 1.22 bits per heavy atom. The summed E-state index contributed by atoms with van der Waals surface area (Å²) < 4.78 is 1.72. The van der Waals surface area contributed by atoms with E-state index in [1.165, 1.54) is 0 Å². The highest BCUT2D eigenvalue weighted by Crippen LogP contribution is 2.16. The lowest BCUT2D eigenvalue weighted by atomic mass is 10.1. The van der Waals surface area contributed by atoms with Crippen molar-refractivity contribution >= 4 is 23.5 Å². The standard InChI is InChI=1S/C9H14N2O2.C7H6ClNO/c1-6-5-7(8(12)13)10-11(6)9(2,3)4;8-6-3-1-5(2-4-6)7(9)10/h5H,1-4H3,(H,12,13);1-4H,(H2,9,10). The number of aromatic nitrogens is 2. The Morgan fingerprint density at radius 2 is 1.74 bits per heavy atom. The van der Waals surface area contributed by atoms with E-state index in [1.807, 2.05) is 27.7 Å². The highest BCUT2D eigenvalue weighted by Gasteiger charge is 2.19. The molecule has 1 heterocycles. The van der Waals surface area contributed by atoms with Gasteiger partial charge in [0.1, 0.15) is 0 Å². The molecule has 0 aliphatic heterocycles. The van der Waals surface area contributed by atoms with E-state index in [4.69, 9.17) is 22.4 Å². The molecule has 0 fully saturated rings. The lowest BCUT2D eigenvalue weighted by Crippen LogP contribution is -2.24. The highest BCUT2D eigenvalue weighted by molar-refractivity contribution is 6.30. The average molecular weight is 338 g/mol. The fourth-order valence-electron chi connectivity index (χ4n) is 1.87. The van der Waals surface area contributed by atoms with Crippen molar-refractivity contribution in [2.75, 3.05) is 0 Å². The normalized spacial score (nSPS) is 10.7. The van der Waals surface area contributed by atoms with Crippen molar-refractivity contribution in [3.05, 3.63) is 52.3 Å². The number of aryl methyl sites for hydroxylation is 1. The van der Waals surface area contributed by atoms with Crippen LogP contribution >= 0.6 is 11.6 Å². The molecule has 0 atom stereocenters. The van der Waals surface area contributed by atoms with Gasteiger partial charge in [-0.3, -0.25) is 9.48 Å². The number of rotatable bonds is 2. The highest BCUT2D eigenvalue weighted by atomic mass is 35.5. The SMILES string of the molecule is Cc1cc(C(=O)O)nn1C(C)(C)C.NC(=O)c1ccc(Cl)cc1. The van der Waals surface area contributed by atoms with Crippen LogP contribution in [0.15, 0.2) is 30.3 Å². The maximum absolute atomic E-state index is 10.6. The zero-order valence-corrected chi connectivity index (χ0v) is 14.3. The van der Waals surface area contributed by atoms with Gasteiger partial charge >= 0.3 is 5.97 Å². The van der Waals surface area contributed by atoms with Gasteiger partial charge in [0.25, 0.3) is 0 Å². The summed E-state index contributed by atoms with van der Waals surface area (Å²) in [5.41, 5.74) is 6.26. The second-order valence-corrected chi connectivity index (χ2v) is 6.37. The van der Waals surface area contributed by atoms with Gasteiger partial charge in [0.15, 0.2) is 5.69 Å². The summed E-state index contributed by atoms with van der Waals surface area (Å²) in [5.74, 6) is -1.41. The first kappa shape index (κ1) is 18.7. The molecule has 1 aromatic heterocycles. The Kier molecular flexibility index (Phi) is 5.92. The monoisotopic (exact) mass is 337 g/mol. The van der Waals surface area contributed by atoms with E-state index < -0.39 is 11.9 Å². The second-order valence-electron chi connectivity index (χ2n) is 5.93. The van der Waals surface area contributed by atoms with Gasteiger partial charge in [-0.2, -0.15) is 5.10 Å². The molecule has 23 heavy (non-hydrogen) atoms. The van der Waals surface area contributed by atoms with E-state index in [0.717, 1.165) is 5.69 Å². The second kappa shape index (κ2) is 7.28. The number of primary amides is 1. The van der Waals surface area contributed by atoms with Crippen molar-refractivity contribution in [2.45, 2.75) is 33.2 Å². The number of carbonyl (C=O) groups is 2. The van der Waals surface area contributed by atoms with Crippen LogP contribution in [0, 0.1) is 6.92 Å². The minimum absolute atomic E-state index is 0.104. The van der Waals surface area contributed by atoms with Gasteiger partial charge in [-0.1, -0.05) is 11.6 Å². The first-order valence-corrected chi connectivity index (χ1v) is 7.26. The number of hydrogen-bond donors (Lipinski definition) is 2. The molecule has 7 heteroatoms. The van der Waals surface area contributed by atoms with Crippen molar-refractivity contribution in [3.8, 4) is 0 Å². The third-order valence-corrected chi connectivity index (χ3v) is 3.12. The van der Waals surface area contributed by atoms with Gasteiger partial charge in [-0.15, -0.1) is 0 Å². The van der Waals surface area contributed by atoms with Crippen molar-refractivity contribution in [3.63, 3.8) is 0 Å². The third-order valence-electron chi connectivity index (χ3n) is 2.87. The van der Waals surface area contributed by atoms with Crippen LogP contribution in [0.3, 0.4) is 0 Å². The van der Waals surface area contributed by atoms with Gasteiger partial charge in [0.05, 0.1) is 5.54 Å². The largest absolute Gasteiger partial charge is 0.476 e. The molecular weight excluding hydrogens is 318 g/mol. The summed E-state index contributed by atoms with van der Waals surface area (Å²) in [5, 5.41) is 13.3. The fourth-order valence-corrected chi connectivity index (χ4v) is 2.00. The zero-order chi connectivity index (χ0) is 17.8. The minimum atomic E-state index is -0.980. The Bertz CT molecular complexity index is 700. The molecule has 124 valence electrons. The number of hydrogen-bond acceptors (Lipinski definition) is 3. The van der Waals surface area contributed by atoms with Crippen LogP contribution in [0.5, 0.6) is 0 Å². The van der Waals surface area contributed by atoms with Crippen LogP contribution in [-0.4, -0.2) is 26.8 Å². The molecule has 0 bridgehead atoms. The molecular formula is C16H20ClN3O3. The van der Waals surface area contributed by atoms with Crippen molar-refractivity contribution in [1.29, 1.82) is 0 Å². The van der Waals surface area contributed by atoms with Crippen LogP contribution in [0.25, 0.3) is 0 Å².